The SMILES string of the molecule is OC(c1cc(C(F)(F)F)cc(C(F)(F)F)c1)C1CC1. The summed E-state index contributed by atoms with van der Waals surface area (Å²) in [6.07, 6.45) is -9.81. The molecule has 0 aliphatic heterocycles. The maximum atomic E-state index is 12.6. The van der Waals surface area contributed by atoms with Crippen molar-refractivity contribution < 1.29 is 31.4 Å². The first-order valence-electron chi connectivity index (χ1n) is 5.56. The zero-order chi connectivity index (χ0) is 14.4. The second-order valence-corrected chi connectivity index (χ2v) is 4.62. The molecule has 0 radical (unpaired) electrons. The molecule has 7 heteroatoms. The average Bonchev–Trinajstić information content (AvgIpc) is 3.09. The largest absolute Gasteiger partial charge is 0.416 e. The van der Waals surface area contributed by atoms with Crippen LogP contribution in [0.4, 0.5) is 26.3 Å². The summed E-state index contributed by atoms with van der Waals surface area (Å²) < 4.78 is 75.4. The first kappa shape index (κ1) is 14.2. The van der Waals surface area contributed by atoms with Crippen LogP contribution in [0.1, 0.15) is 35.6 Å². The van der Waals surface area contributed by atoms with Crippen LogP contribution in [-0.2, 0) is 12.4 Å². The van der Waals surface area contributed by atoms with E-state index in [0.29, 0.717) is 25.0 Å². The fraction of sp³-hybridized carbons (Fsp3) is 0.500. The molecule has 1 aliphatic rings. The molecule has 0 heterocycles. The number of rotatable bonds is 2. The van der Waals surface area contributed by atoms with E-state index < -0.39 is 29.6 Å². The normalized spacial score (nSPS) is 18.5. The lowest BCUT2D eigenvalue weighted by Crippen LogP contribution is -2.13. The van der Waals surface area contributed by atoms with Gasteiger partial charge in [-0.1, -0.05) is 0 Å². The highest BCUT2D eigenvalue weighted by Gasteiger charge is 2.39. The van der Waals surface area contributed by atoms with Crippen molar-refractivity contribution in [1.82, 2.24) is 0 Å². The average molecular weight is 284 g/mol. The minimum atomic E-state index is -4.88. The predicted molar refractivity (Wildman–Crippen MR) is 54.1 cm³/mol. The van der Waals surface area contributed by atoms with Gasteiger partial charge in [0.15, 0.2) is 0 Å². The highest BCUT2D eigenvalue weighted by molar-refractivity contribution is 5.35. The van der Waals surface area contributed by atoms with Gasteiger partial charge in [-0.3, -0.25) is 0 Å². The summed E-state index contributed by atoms with van der Waals surface area (Å²) in [5.74, 6) is -0.246. The number of benzene rings is 1. The molecule has 1 fully saturated rings. The van der Waals surface area contributed by atoms with Gasteiger partial charge in [-0.25, -0.2) is 0 Å². The molecule has 1 aliphatic carbocycles. The number of hydrogen-bond donors (Lipinski definition) is 1. The van der Waals surface area contributed by atoms with Crippen molar-refractivity contribution >= 4 is 0 Å². The number of halogens is 6. The standard InChI is InChI=1S/C12H10F6O/c13-11(14,15)8-3-7(10(19)6-1-2-6)4-9(5-8)12(16,17)18/h3-6,10,19H,1-2H2. The van der Waals surface area contributed by atoms with Gasteiger partial charge in [0.2, 0.25) is 0 Å². The van der Waals surface area contributed by atoms with Crippen LogP contribution in [0, 0.1) is 5.92 Å². The first-order chi connectivity index (χ1) is 8.59. The van der Waals surface area contributed by atoms with Crippen molar-refractivity contribution in [3.8, 4) is 0 Å². The van der Waals surface area contributed by atoms with Gasteiger partial charge in [-0.15, -0.1) is 0 Å². The van der Waals surface area contributed by atoms with Crippen molar-refractivity contribution in [3.05, 3.63) is 34.9 Å². The van der Waals surface area contributed by atoms with Crippen LogP contribution in [0.3, 0.4) is 0 Å². The van der Waals surface area contributed by atoms with Crippen LogP contribution in [0.15, 0.2) is 18.2 Å². The number of aliphatic hydroxyl groups is 1. The topological polar surface area (TPSA) is 20.2 Å². The number of aliphatic hydroxyl groups excluding tert-OH is 1. The molecular formula is C12H10F6O. The second kappa shape index (κ2) is 4.40. The predicted octanol–water partition coefficient (Wildman–Crippen LogP) is 4.17. The van der Waals surface area contributed by atoms with E-state index in [1.54, 1.807) is 0 Å². The fourth-order valence-electron chi connectivity index (χ4n) is 1.83. The molecule has 1 unspecified atom stereocenters. The zero-order valence-corrected chi connectivity index (χ0v) is 9.52. The zero-order valence-electron chi connectivity index (χ0n) is 9.52. The van der Waals surface area contributed by atoms with E-state index in [-0.39, 0.29) is 17.5 Å². The Morgan fingerprint density at radius 2 is 1.32 bits per heavy atom. The molecule has 1 saturated carbocycles. The fourth-order valence-corrected chi connectivity index (χ4v) is 1.83. The van der Waals surface area contributed by atoms with Crippen LogP contribution in [0.5, 0.6) is 0 Å². The second-order valence-electron chi connectivity index (χ2n) is 4.62. The first-order valence-corrected chi connectivity index (χ1v) is 5.56. The minimum absolute atomic E-state index is 0.0586. The maximum Gasteiger partial charge on any atom is 0.416 e. The molecule has 0 spiro atoms. The lowest BCUT2D eigenvalue weighted by atomic mass is 9.99. The molecule has 0 aromatic heterocycles. The van der Waals surface area contributed by atoms with Crippen LogP contribution in [0.25, 0.3) is 0 Å². The van der Waals surface area contributed by atoms with Crippen molar-refractivity contribution in [1.29, 1.82) is 0 Å². The van der Waals surface area contributed by atoms with Gasteiger partial charge in [-0.05, 0) is 42.5 Å². The summed E-state index contributed by atoms with van der Waals surface area (Å²) in [5.41, 5.74) is -3.11. The highest BCUT2D eigenvalue weighted by atomic mass is 19.4. The summed E-state index contributed by atoms with van der Waals surface area (Å²) in [5, 5.41) is 9.71. The maximum absolute atomic E-state index is 12.6. The quantitative estimate of drug-likeness (QED) is 0.808. The number of hydrogen-bond acceptors (Lipinski definition) is 1. The molecule has 1 atom stereocenters. The minimum Gasteiger partial charge on any atom is -0.388 e. The molecule has 1 nitrogen and oxygen atoms in total. The Morgan fingerprint density at radius 3 is 1.63 bits per heavy atom. The molecule has 1 aromatic carbocycles. The van der Waals surface area contributed by atoms with Gasteiger partial charge in [-0.2, -0.15) is 26.3 Å². The van der Waals surface area contributed by atoms with Crippen molar-refractivity contribution in [3.63, 3.8) is 0 Å². The van der Waals surface area contributed by atoms with Gasteiger partial charge in [0.05, 0.1) is 17.2 Å². The Kier molecular flexibility index (Phi) is 3.28. The van der Waals surface area contributed by atoms with E-state index in [0.717, 1.165) is 0 Å². The van der Waals surface area contributed by atoms with Crippen LogP contribution in [0.2, 0.25) is 0 Å². The molecule has 106 valence electrons. The molecule has 0 saturated heterocycles. The molecule has 1 N–H and O–H groups in total. The molecule has 0 amide bonds. The molecular weight excluding hydrogens is 274 g/mol. The summed E-state index contributed by atoms with van der Waals surface area (Å²) >= 11 is 0. The van der Waals surface area contributed by atoms with E-state index in [9.17, 15) is 31.4 Å². The Hall–Kier alpha value is -1.24. The van der Waals surface area contributed by atoms with Gasteiger partial charge in [0, 0.05) is 0 Å². The smallest absolute Gasteiger partial charge is 0.388 e. The van der Waals surface area contributed by atoms with Crippen LogP contribution >= 0.6 is 0 Å². The van der Waals surface area contributed by atoms with Crippen LogP contribution in [-0.4, -0.2) is 5.11 Å². The molecule has 2 rings (SSSR count). The van der Waals surface area contributed by atoms with Gasteiger partial charge < -0.3 is 5.11 Å². The monoisotopic (exact) mass is 284 g/mol. The van der Waals surface area contributed by atoms with Crippen molar-refractivity contribution in [2.75, 3.05) is 0 Å². The molecule has 0 bridgehead atoms. The molecule has 19 heavy (non-hydrogen) atoms. The van der Waals surface area contributed by atoms with E-state index in [4.69, 9.17) is 0 Å². The Balaban J connectivity index is 2.48. The summed E-state index contributed by atoms with van der Waals surface area (Å²) in [7, 11) is 0. The van der Waals surface area contributed by atoms with E-state index in [1.807, 2.05) is 0 Å². The summed E-state index contributed by atoms with van der Waals surface area (Å²) in [6, 6.07) is 1.22. The Bertz CT molecular complexity index is 440. The van der Waals surface area contributed by atoms with Crippen molar-refractivity contribution in [2.45, 2.75) is 31.3 Å². The van der Waals surface area contributed by atoms with Gasteiger partial charge in [0.25, 0.3) is 0 Å². The van der Waals surface area contributed by atoms with E-state index >= 15 is 0 Å². The Morgan fingerprint density at radius 1 is 0.895 bits per heavy atom. The number of alkyl halides is 6. The summed E-state index contributed by atoms with van der Waals surface area (Å²) in [4.78, 5) is 0. The van der Waals surface area contributed by atoms with E-state index in [1.165, 1.54) is 0 Å². The lowest BCUT2D eigenvalue weighted by Gasteiger charge is -2.17. The lowest BCUT2D eigenvalue weighted by molar-refractivity contribution is -0.143. The highest BCUT2D eigenvalue weighted by Crippen LogP contribution is 2.44. The van der Waals surface area contributed by atoms with Gasteiger partial charge >= 0.3 is 12.4 Å². The third kappa shape index (κ3) is 3.20. The van der Waals surface area contributed by atoms with Crippen molar-refractivity contribution in [2.24, 2.45) is 5.92 Å². The van der Waals surface area contributed by atoms with Gasteiger partial charge in [0.1, 0.15) is 0 Å². The Labute approximate surface area is 104 Å². The summed E-state index contributed by atoms with van der Waals surface area (Å²) in [6.45, 7) is 0. The van der Waals surface area contributed by atoms with Crippen LogP contribution < -0.4 is 0 Å². The molecule has 1 aromatic rings. The third-order valence-corrected chi connectivity index (χ3v) is 3.02. The van der Waals surface area contributed by atoms with E-state index in [2.05, 4.69) is 0 Å². The third-order valence-electron chi connectivity index (χ3n) is 3.02.